The van der Waals surface area contributed by atoms with E-state index < -0.39 is 0 Å². The van der Waals surface area contributed by atoms with Crippen LogP contribution in [0.5, 0.6) is 0 Å². The molecule has 0 unspecified atom stereocenters. The van der Waals surface area contributed by atoms with Gasteiger partial charge in [-0.1, -0.05) is 0 Å². The van der Waals surface area contributed by atoms with Gasteiger partial charge in [-0.25, -0.2) is 0 Å². The quantitative estimate of drug-likeness (QED) is 0.723. The van der Waals surface area contributed by atoms with E-state index in [1.54, 1.807) is 3.58 Å². The molecule has 2 radical (unpaired) electrons. The molecule has 0 saturated heterocycles. The first-order valence-corrected chi connectivity index (χ1v) is 7.52. The predicted octanol–water partition coefficient (Wildman–Crippen LogP) is 2.09. The van der Waals surface area contributed by atoms with Gasteiger partial charge < -0.3 is 0 Å². The van der Waals surface area contributed by atoms with Gasteiger partial charge in [0.25, 0.3) is 0 Å². The zero-order chi connectivity index (χ0) is 8.10. The summed E-state index contributed by atoms with van der Waals surface area (Å²) in [6.07, 6.45) is 0. The first-order valence-electron chi connectivity index (χ1n) is 4.08. The summed E-state index contributed by atoms with van der Waals surface area (Å²) in [5.41, 5.74) is 0. The van der Waals surface area contributed by atoms with E-state index >= 15 is 0 Å². The van der Waals surface area contributed by atoms with E-state index in [1.165, 1.54) is 4.44 Å². The fraction of sp³-hybridized carbons (Fsp3) is 0.400. The molecule has 0 spiro atoms. The molecule has 0 aliphatic heterocycles. The second kappa shape index (κ2) is 4.81. The molecule has 1 heteroatoms. The summed E-state index contributed by atoms with van der Waals surface area (Å²) in [6.45, 7) is 4.62. The average Bonchev–Trinajstić information content (AvgIpc) is 2.03. The van der Waals surface area contributed by atoms with Crippen LogP contribution in [0.15, 0.2) is 30.3 Å². The SMILES string of the molecule is CC(C)[CH2][Sn][c]1ccccc1. The van der Waals surface area contributed by atoms with Crippen molar-refractivity contribution in [3.63, 3.8) is 0 Å². The van der Waals surface area contributed by atoms with Crippen LogP contribution in [-0.4, -0.2) is 21.1 Å². The van der Waals surface area contributed by atoms with Crippen molar-refractivity contribution in [2.75, 3.05) is 0 Å². The molecule has 0 nitrogen and oxygen atoms in total. The fourth-order valence-corrected chi connectivity index (χ4v) is 3.94. The Kier molecular flexibility index (Phi) is 3.98. The standard InChI is InChI=1S/C6H5.C4H9.Sn/c1-2-4-6-5-3-1;1-4(2)3;/h1-5H;4H,1H2,2-3H3;. The van der Waals surface area contributed by atoms with E-state index in [2.05, 4.69) is 44.2 Å². The Morgan fingerprint density at radius 1 is 1.18 bits per heavy atom. The Labute approximate surface area is 79.2 Å². The number of rotatable bonds is 3. The van der Waals surface area contributed by atoms with Gasteiger partial charge in [0.15, 0.2) is 0 Å². The molecular weight excluding hydrogens is 239 g/mol. The van der Waals surface area contributed by atoms with Crippen LogP contribution in [0.4, 0.5) is 0 Å². The first kappa shape index (κ1) is 9.11. The van der Waals surface area contributed by atoms with E-state index in [4.69, 9.17) is 0 Å². The van der Waals surface area contributed by atoms with Crippen LogP contribution in [-0.2, 0) is 0 Å². The molecule has 1 aromatic carbocycles. The van der Waals surface area contributed by atoms with Crippen molar-refractivity contribution in [3.05, 3.63) is 30.3 Å². The van der Waals surface area contributed by atoms with Crippen molar-refractivity contribution in [3.8, 4) is 0 Å². The van der Waals surface area contributed by atoms with Crippen LogP contribution in [0, 0.1) is 5.92 Å². The molecule has 0 aliphatic rings. The third-order valence-corrected chi connectivity index (χ3v) is 6.52. The van der Waals surface area contributed by atoms with Gasteiger partial charge in [0.05, 0.1) is 0 Å². The second-order valence-corrected chi connectivity index (χ2v) is 6.96. The second-order valence-electron chi connectivity index (χ2n) is 3.14. The third kappa shape index (κ3) is 3.80. The first-order chi connectivity index (χ1) is 5.29. The minimum atomic E-state index is -0.223. The molecule has 0 atom stereocenters. The molecule has 0 saturated carbocycles. The molecule has 11 heavy (non-hydrogen) atoms. The molecule has 0 N–H and O–H groups in total. The Morgan fingerprint density at radius 3 is 2.36 bits per heavy atom. The summed E-state index contributed by atoms with van der Waals surface area (Å²) in [4.78, 5) is 0. The van der Waals surface area contributed by atoms with E-state index in [9.17, 15) is 0 Å². The third-order valence-electron chi connectivity index (χ3n) is 1.49. The van der Waals surface area contributed by atoms with Gasteiger partial charge in [-0.05, 0) is 0 Å². The molecule has 0 bridgehead atoms. The minimum absolute atomic E-state index is 0.223. The van der Waals surface area contributed by atoms with Gasteiger partial charge in [-0.2, -0.15) is 0 Å². The maximum absolute atomic E-state index is 2.31. The van der Waals surface area contributed by atoms with Gasteiger partial charge >= 0.3 is 79.3 Å². The molecule has 1 aromatic rings. The van der Waals surface area contributed by atoms with Crippen molar-refractivity contribution < 1.29 is 0 Å². The Balaban J connectivity index is 2.39. The van der Waals surface area contributed by atoms with Gasteiger partial charge in [0.1, 0.15) is 0 Å². The number of hydrogen-bond donors (Lipinski definition) is 0. The van der Waals surface area contributed by atoms with Gasteiger partial charge in [-0.3, -0.25) is 0 Å². The summed E-state index contributed by atoms with van der Waals surface area (Å²) < 4.78 is 3.10. The van der Waals surface area contributed by atoms with Crippen molar-refractivity contribution in [2.45, 2.75) is 18.3 Å². The van der Waals surface area contributed by atoms with Gasteiger partial charge in [0.2, 0.25) is 0 Å². The average molecular weight is 253 g/mol. The van der Waals surface area contributed by atoms with E-state index in [0.29, 0.717) is 0 Å². The summed E-state index contributed by atoms with van der Waals surface area (Å²) in [6, 6.07) is 10.9. The molecule has 0 amide bonds. The number of hydrogen-bond acceptors (Lipinski definition) is 0. The Morgan fingerprint density at radius 2 is 1.82 bits per heavy atom. The normalized spacial score (nSPS) is 10.5. The van der Waals surface area contributed by atoms with E-state index in [-0.39, 0.29) is 21.1 Å². The van der Waals surface area contributed by atoms with Crippen LogP contribution in [0.3, 0.4) is 0 Å². The summed E-state index contributed by atoms with van der Waals surface area (Å²) in [5.74, 6) is 0.891. The van der Waals surface area contributed by atoms with E-state index in [1.807, 2.05) is 0 Å². The summed E-state index contributed by atoms with van der Waals surface area (Å²) in [5, 5.41) is 0. The molecule has 58 valence electrons. The van der Waals surface area contributed by atoms with Crippen LogP contribution in [0.2, 0.25) is 4.44 Å². The zero-order valence-corrected chi connectivity index (χ0v) is 10.0. The number of benzene rings is 1. The molecular formula is C10H14Sn. The summed E-state index contributed by atoms with van der Waals surface area (Å²) >= 11 is -0.223. The fourth-order valence-electron chi connectivity index (χ4n) is 0.878. The summed E-state index contributed by atoms with van der Waals surface area (Å²) in [7, 11) is 0. The Hall–Kier alpha value is 0.0187. The van der Waals surface area contributed by atoms with Crippen LogP contribution >= 0.6 is 0 Å². The predicted molar refractivity (Wildman–Crippen MR) is 51.5 cm³/mol. The van der Waals surface area contributed by atoms with Crippen molar-refractivity contribution >= 4 is 24.7 Å². The van der Waals surface area contributed by atoms with Crippen molar-refractivity contribution in [1.29, 1.82) is 0 Å². The van der Waals surface area contributed by atoms with Crippen LogP contribution < -0.4 is 3.58 Å². The Bertz CT molecular complexity index is 191. The molecule has 0 heterocycles. The van der Waals surface area contributed by atoms with Gasteiger partial charge in [-0.15, -0.1) is 0 Å². The van der Waals surface area contributed by atoms with Crippen LogP contribution in [0.1, 0.15) is 13.8 Å². The molecule has 0 fully saturated rings. The van der Waals surface area contributed by atoms with E-state index in [0.717, 1.165) is 5.92 Å². The zero-order valence-electron chi connectivity index (χ0n) is 7.17. The van der Waals surface area contributed by atoms with Crippen molar-refractivity contribution in [1.82, 2.24) is 0 Å². The van der Waals surface area contributed by atoms with Crippen LogP contribution in [0.25, 0.3) is 0 Å². The van der Waals surface area contributed by atoms with Crippen molar-refractivity contribution in [2.24, 2.45) is 5.92 Å². The topological polar surface area (TPSA) is 0 Å². The monoisotopic (exact) mass is 254 g/mol. The molecule has 0 aromatic heterocycles. The molecule has 1 rings (SSSR count). The molecule has 0 aliphatic carbocycles. The van der Waals surface area contributed by atoms with Gasteiger partial charge in [0, 0.05) is 0 Å². The maximum atomic E-state index is 2.31.